The lowest BCUT2D eigenvalue weighted by molar-refractivity contribution is -0.143. The summed E-state index contributed by atoms with van der Waals surface area (Å²) in [6, 6.07) is 15.3. The average molecular weight is 411 g/mol. The van der Waals surface area contributed by atoms with E-state index in [0.29, 0.717) is 11.3 Å². The summed E-state index contributed by atoms with van der Waals surface area (Å²) < 4.78 is 38.6. The molecule has 0 heterocycles. The largest absolute Gasteiger partial charge is 0.497 e. The van der Waals surface area contributed by atoms with Crippen molar-refractivity contribution in [2.45, 2.75) is 6.04 Å². The van der Waals surface area contributed by atoms with E-state index >= 15 is 0 Å². The zero-order valence-corrected chi connectivity index (χ0v) is 16.3. The van der Waals surface area contributed by atoms with Crippen molar-refractivity contribution in [3.63, 3.8) is 0 Å². The van der Waals surface area contributed by atoms with Crippen LogP contribution in [-0.4, -0.2) is 26.1 Å². The quantitative estimate of drug-likeness (QED) is 0.615. The number of benzene rings is 3. The Labute approximate surface area is 172 Å². The first kappa shape index (κ1) is 21.0. The molecule has 0 aliphatic rings. The number of methoxy groups -OCH3 is 2. The molecule has 0 radical (unpaired) electrons. The van der Waals surface area contributed by atoms with Crippen LogP contribution in [0.4, 0.5) is 8.78 Å². The van der Waals surface area contributed by atoms with Gasteiger partial charge in [0.25, 0.3) is 5.91 Å². The van der Waals surface area contributed by atoms with E-state index in [1.54, 1.807) is 36.4 Å². The number of hydrogen-bond donors (Lipinski definition) is 1. The molecule has 0 spiro atoms. The second-order valence-corrected chi connectivity index (χ2v) is 6.38. The Bertz CT molecular complexity index is 1070. The first-order valence-corrected chi connectivity index (χ1v) is 9.01. The molecule has 1 amide bonds. The number of esters is 1. The Kier molecular flexibility index (Phi) is 6.41. The highest BCUT2D eigenvalue weighted by molar-refractivity contribution is 5.97. The molecule has 0 saturated carbocycles. The fourth-order valence-electron chi connectivity index (χ4n) is 2.97. The predicted octanol–water partition coefficient (Wildman–Crippen LogP) is 4.28. The van der Waals surface area contributed by atoms with E-state index < -0.39 is 29.6 Å². The molecule has 0 bridgehead atoms. The van der Waals surface area contributed by atoms with Gasteiger partial charge in [-0.25, -0.2) is 13.6 Å². The monoisotopic (exact) mass is 411 g/mol. The first-order chi connectivity index (χ1) is 14.4. The fourth-order valence-corrected chi connectivity index (χ4v) is 2.97. The Morgan fingerprint density at radius 3 is 2.23 bits per heavy atom. The zero-order valence-electron chi connectivity index (χ0n) is 16.3. The summed E-state index contributed by atoms with van der Waals surface area (Å²) in [5.41, 5.74) is 0.641. The van der Waals surface area contributed by atoms with Gasteiger partial charge >= 0.3 is 5.97 Å². The van der Waals surface area contributed by atoms with Gasteiger partial charge in [0, 0.05) is 11.6 Å². The van der Waals surface area contributed by atoms with Gasteiger partial charge in [0.2, 0.25) is 0 Å². The molecule has 154 valence electrons. The van der Waals surface area contributed by atoms with Gasteiger partial charge in [-0.3, -0.25) is 4.79 Å². The van der Waals surface area contributed by atoms with Crippen LogP contribution in [0.25, 0.3) is 11.1 Å². The van der Waals surface area contributed by atoms with Crippen LogP contribution in [0, 0.1) is 11.6 Å². The lowest BCUT2D eigenvalue weighted by Crippen LogP contribution is -2.35. The van der Waals surface area contributed by atoms with E-state index in [0.717, 1.165) is 6.07 Å². The number of amides is 1. The second kappa shape index (κ2) is 9.17. The minimum atomic E-state index is -1.10. The van der Waals surface area contributed by atoms with Crippen LogP contribution in [0.2, 0.25) is 0 Å². The number of carbonyl (C=O) groups excluding carboxylic acids is 2. The normalized spacial score (nSPS) is 11.5. The number of ether oxygens (including phenoxy) is 2. The van der Waals surface area contributed by atoms with Gasteiger partial charge in [-0.2, -0.15) is 0 Å². The summed E-state index contributed by atoms with van der Waals surface area (Å²) in [5, 5.41) is 2.48. The molecule has 0 saturated heterocycles. The molecule has 0 aliphatic heterocycles. The fraction of sp³-hybridized carbons (Fsp3) is 0.130. The van der Waals surface area contributed by atoms with Crippen LogP contribution in [-0.2, 0) is 9.53 Å². The van der Waals surface area contributed by atoms with Gasteiger partial charge in [0.15, 0.2) is 6.04 Å². The van der Waals surface area contributed by atoms with Gasteiger partial charge in [-0.1, -0.05) is 36.4 Å². The lowest BCUT2D eigenvalue weighted by atomic mass is 10.0. The summed E-state index contributed by atoms with van der Waals surface area (Å²) >= 11 is 0. The molecular formula is C23H19F2NO4. The van der Waals surface area contributed by atoms with E-state index in [2.05, 4.69) is 5.32 Å². The molecule has 3 aromatic rings. The molecular weight excluding hydrogens is 392 g/mol. The standard InChI is InChI=1S/C23H19F2NO4/c1-29-16-9-11-17(20(25)13-16)15-8-10-18(19(24)12-15)22(27)26-21(23(28)30-2)14-6-4-3-5-7-14/h3-13,21H,1-2H3,(H,26,27). The zero-order chi connectivity index (χ0) is 21.7. The number of rotatable bonds is 6. The van der Waals surface area contributed by atoms with Crippen molar-refractivity contribution in [2.75, 3.05) is 14.2 Å². The van der Waals surface area contributed by atoms with Crippen molar-refractivity contribution < 1.29 is 27.8 Å². The van der Waals surface area contributed by atoms with Crippen LogP contribution < -0.4 is 10.1 Å². The second-order valence-electron chi connectivity index (χ2n) is 6.38. The maximum atomic E-state index is 14.7. The van der Waals surface area contributed by atoms with Crippen LogP contribution in [0.5, 0.6) is 5.75 Å². The van der Waals surface area contributed by atoms with Crippen molar-refractivity contribution in [1.82, 2.24) is 5.32 Å². The molecule has 3 aromatic carbocycles. The summed E-state index contributed by atoms with van der Waals surface area (Å²) in [6.45, 7) is 0. The van der Waals surface area contributed by atoms with Crippen LogP contribution >= 0.6 is 0 Å². The predicted molar refractivity (Wildman–Crippen MR) is 107 cm³/mol. The van der Waals surface area contributed by atoms with Crippen molar-refractivity contribution >= 4 is 11.9 Å². The van der Waals surface area contributed by atoms with Gasteiger partial charge < -0.3 is 14.8 Å². The highest BCUT2D eigenvalue weighted by Gasteiger charge is 2.25. The lowest BCUT2D eigenvalue weighted by Gasteiger charge is -2.17. The van der Waals surface area contributed by atoms with Crippen molar-refractivity contribution in [2.24, 2.45) is 0 Å². The minimum absolute atomic E-state index is 0.165. The third kappa shape index (κ3) is 4.46. The van der Waals surface area contributed by atoms with E-state index in [9.17, 15) is 18.4 Å². The molecule has 30 heavy (non-hydrogen) atoms. The van der Waals surface area contributed by atoms with E-state index in [1.807, 2.05) is 0 Å². The number of nitrogens with one attached hydrogen (secondary N) is 1. The first-order valence-electron chi connectivity index (χ1n) is 9.01. The van der Waals surface area contributed by atoms with E-state index in [-0.39, 0.29) is 16.7 Å². The van der Waals surface area contributed by atoms with E-state index in [1.165, 1.54) is 38.5 Å². The third-order valence-corrected chi connectivity index (χ3v) is 4.55. The highest BCUT2D eigenvalue weighted by Crippen LogP contribution is 2.28. The Morgan fingerprint density at radius 1 is 0.900 bits per heavy atom. The van der Waals surface area contributed by atoms with Gasteiger partial charge in [0.05, 0.1) is 19.8 Å². The Hall–Kier alpha value is -3.74. The highest BCUT2D eigenvalue weighted by atomic mass is 19.1. The molecule has 3 rings (SSSR count). The summed E-state index contributed by atoms with van der Waals surface area (Å²) in [7, 11) is 2.61. The smallest absolute Gasteiger partial charge is 0.333 e. The maximum Gasteiger partial charge on any atom is 0.333 e. The molecule has 0 aromatic heterocycles. The molecule has 1 N–H and O–H groups in total. The van der Waals surface area contributed by atoms with Crippen molar-refractivity contribution in [1.29, 1.82) is 0 Å². The molecule has 7 heteroatoms. The van der Waals surface area contributed by atoms with Crippen LogP contribution in [0.1, 0.15) is 22.0 Å². The Morgan fingerprint density at radius 2 is 1.63 bits per heavy atom. The molecule has 1 unspecified atom stereocenters. The third-order valence-electron chi connectivity index (χ3n) is 4.55. The summed E-state index contributed by atoms with van der Waals surface area (Å²) in [4.78, 5) is 24.7. The number of hydrogen-bond acceptors (Lipinski definition) is 4. The number of carbonyl (C=O) groups is 2. The van der Waals surface area contributed by atoms with Gasteiger partial charge in [-0.15, -0.1) is 0 Å². The van der Waals surface area contributed by atoms with Crippen LogP contribution in [0.15, 0.2) is 66.7 Å². The SMILES string of the molecule is COC(=O)C(NC(=O)c1ccc(-c2ccc(OC)cc2F)cc1F)c1ccccc1. The topological polar surface area (TPSA) is 64.6 Å². The average Bonchev–Trinajstić information content (AvgIpc) is 2.77. The minimum Gasteiger partial charge on any atom is -0.497 e. The van der Waals surface area contributed by atoms with Gasteiger partial charge in [0.1, 0.15) is 17.4 Å². The molecule has 0 aliphatic carbocycles. The summed E-state index contributed by atoms with van der Waals surface area (Å²) in [6.07, 6.45) is 0. The van der Waals surface area contributed by atoms with Crippen molar-refractivity contribution in [3.8, 4) is 16.9 Å². The van der Waals surface area contributed by atoms with E-state index in [4.69, 9.17) is 9.47 Å². The Balaban J connectivity index is 1.87. The summed E-state index contributed by atoms with van der Waals surface area (Å²) in [5.74, 6) is -2.58. The number of halogens is 2. The van der Waals surface area contributed by atoms with Crippen molar-refractivity contribution in [3.05, 3.63) is 89.5 Å². The van der Waals surface area contributed by atoms with Gasteiger partial charge in [-0.05, 0) is 35.4 Å². The molecule has 5 nitrogen and oxygen atoms in total. The molecule has 0 fully saturated rings. The van der Waals surface area contributed by atoms with Crippen LogP contribution in [0.3, 0.4) is 0 Å². The maximum absolute atomic E-state index is 14.7. The molecule has 1 atom stereocenters.